The van der Waals surface area contributed by atoms with E-state index in [0.717, 1.165) is 6.07 Å². The van der Waals surface area contributed by atoms with Gasteiger partial charge in [0.1, 0.15) is 5.69 Å². The number of rotatable bonds is 0. The minimum atomic E-state index is -1.00. The molecule has 0 amide bonds. The smallest absolute Gasteiger partial charge is 0.221 e. The summed E-state index contributed by atoms with van der Waals surface area (Å²) in [7, 11) is 0. The first-order chi connectivity index (χ1) is 5.68. The van der Waals surface area contributed by atoms with Gasteiger partial charge < -0.3 is 5.73 Å². The fourth-order valence-corrected chi connectivity index (χ4v) is 0.989. The van der Waals surface area contributed by atoms with Crippen molar-refractivity contribution in [2.45, 2.75) is 0 Å². The second-order valence-electron chi connectivity index (χ2n) is 2.31. The Labute approximate surface area is 66.9 Å². The van der Waals surface area contributed by atoms with Crippen molar-refractivity contribution in [2.75, 3.05) is 0 Å². The molecule has 1 aromatic rings. The SMILES string of the molecule is NC1=Nc2ccc(F)c(F)c2[N]1. The summed E-state index contributed by atoms with van der Waals surface area (Å²) in [6.07, 6.45) is 0. The van der Waals surface area contributed by atoms with Crippen LogP contribution < -0.4 is 11.1 Å². The summed E-state index contributed by atoms with van der Waals surface area (Å²) >= 11 is 0. The molecule has 1 aliphatic heterocycles. The molecule has 0 bridgehead atoms. The first-order valence-corrected chi connectivity index (χ1v) is 3.22. The summed E-state index contributed by atoms with van der Waals surface area (Å²) in [6.45, 7) is 0. The predicted octanol–water partition coefficient (Wildman–Crippen LogP) is 1.16. The number of hydrogen-bond acceptors (Lipinski definition) is 2. The summed E-state index contributed by atoms with van der Waals surface area (Å²) < 4.78 is 25.5. The van der Waals surface area contributed by atoms with Gasteiger partial charge in [-0.2, -0.15) is 0 Å². The quantitative estimate of drug-likeness (QED) is 0.620. The van der Waals surface area contributed by atoms with Crippen LogP contribution in [-0.2, 0) is 0 Å². The Morgan fingerprint density at radius 1 is 1.25 bits per heavy atom. The second-order valence-corrected chi connectivity index (χ2v) is 2.31. The van der Waals surface area contributed by atoms with Gasteiger partial charge in [0.15, 0.2) is 11.6 Å². The van der Waals surface area contributed by atoms with Crippen molar-refractivity contribution in [1.29, 1.82) is 0 Å². The van der Waals surface area contributed by atoms with E-state index in [4.69, 9.17) is 5.73 Å². The van der Waals surface area contributed by atoms with Crippen LogP contribution in [0.3, 0.4) is 0 Å². The van der Waals surface area contributed by atoms with Gasteiger partial charge in [0.05, 0.1) is 5.69 Å². The molecule has 0 saturated carbocycles. The Morgan fingerprint density at radius 2 is 2.00 bits per heavy atom. The highest BCUT2D eigenvalue weighted by molar-refractivity contribution is 5.93. The van der Waals surface area contributed by atoms with Crippen LogP contribution in [0.5, 0.6) is 0 Å². The van der Waals surface area contributed by atoms with Crippen molar-refractivity contribution >= 4 is 17.3 Å². The van der Waals surface area contributed by atoms with E-state index in [0.29, 0.717) is 0 Å². The highest BCUT2D eigenvalue weighted by atomic mass is 19.2. The molecule has 1 radical (unpaired) electrons. The van der Waals surface area contributed by atoms with Gasteiger partial charge in [0, 0.05) is 0 Å². The summed E-state index contributed by atoms with van der Waals surface area (Å²) in [4.78, 5) is 3.68. The minimum absolute atomic E-state index is 0.0468. The van der Waals surface area contributed by atoms with Gasteiger partial charge in [-0.25, -0.2) is 19.1 Å². The third-order valence-corrected chi connectivity index (χ3v) is 1.51. The Kier molecular flexibility index (Phi) is 1.27. The summed E-state index contributed by atoms with van der Waals surface area (Å²) in [6, 6.07) is 2.32. The summed E-state index contributed by atoms with van der Waals surface area (Å²) in [5.41, 5.74) is 5.35. The molecular weight excluding hydrogens is 164 g/mol. The van der Waals surface area contributed by atoms with Gasteiger partial charge in [-0.3, -0.25) is 0 Å². The number of benzene rings is 1. The van der Waals surface area contributed by atoms with Gasteiger partial charge >= 0.3 is 0 Å². The van der Waals surface area contributed by atoms with Crippen LogP contribution >= 0.6 is 0 Å². The topological polar surface area (TPSA) is 52.5 Å². The van der Waals surface area contributed by atoms with Crippen LogP contribution in [0.15, 0.2) is 17.1 Å². The zero-order valence-corrected chi connectivity index (χ0v) is 5.88. The lowest BCUT2D eigenvalue weighted by Gasteiger charge is -1.97. The molecular formula is C7H4F2N3. The Bertz CT molecular complexity index is 373. The Hall–Kier alpha value is -1.65. The lowest BCUT2D eigenvalue weighted by atomic mass is 10.2. The van der Waals surface area contributed by atoms with Crippen LogP contribution in [-0.4, -0.2) is 5.96 Å². The number of nitrogens with two attached hydrogens (primary N) is 1. The molecule has 0 fully saturated rings. The van der Waals surface area contributed by atoms with Gasteiger partial charge in [-0.05, 0) is 12.1 Å². The second kappa shape index (κ2) is 2.17. The van der Waals surface area contributed by atoms with Crippen molar-refractivity contribution in [3.05, 3.63) is 23.8 Å². The first-order valence-electron chi connectivity index (χ1n) is 3.22. The maximum absolute atomic E-state index is 12.9. The normalized spacial score (nSPS) is 13.7. The molecule has 3 nitrogen and oxygen atoms in total. The average molecular weight is 168 g/mol. The molecule has 2 rings (SSSR count). The molecule has 2 N–H and O–H groups in total. The maximum Gasteiger partial charge on any atom is 0.221 e. The van der Waals surface area contributed by atoms with E-state index in [9.17, 15) is 8.78 Å². The molecule has 0 saturated heterocycles. The molecule has 12 heavy (non-hydrogen) atoms. The molecule has 1 aliphatic rings. The number of nitrogens with zero attached hydrogens (tertiary/aromatic N) is 2. The van der Waals surface area contributed by atoms with Crippen molar-refractivity contribution in [3.8, 4) is 0 Å². The van der Waals surface area contributed by atoms with Crippen molar-refractivity contribution < 1.29 is 8.78 Å². The fraction of sp³-hybridized carbons (Fsp3) is 0. The Balaban J connectivity index is 2.61. The molecule has 0 aliphatic carbocycles. The van der Waals surface area contributed by atoms with Crippen molar-refractivity contribution in [1.82, 2.24) is 5.32 Å². The lowest BCUT2D eigenvalue weighted by Crippen LogP contribution is -2.17. The third-order valence-electron chi connectivity index (χ3n) is 1.51. The standard InChI is InChI=1S/C7H4F2N3/c8-3-1-2-4-6(5(3)9)12-7(10)11-4/h1-2H,(H2,10,11). The molecule has 1 heterocycles. The molecule has 0 aromatic heterocycles. The predicted molar refractivity (Wildman–Crippen MR) is 39.4 cm³/mol. The summed E-state index contributed by atoms with van der Waals surface area (Å²) in [5.74, 6) is -1.99. The lowest BCUT2D eigenvalue weighted by molar-refractivity contribution is 0.509. The summed E-state index contributed by atoms with van der Waals surface area (Å²) in [5, 5.41) is 3.53. The van der Waals surface area contributed by atoms with Gasteiger partial charge in [0.2, 0.25) is 5.96 Å². The molecule has 1 aromatic carbocycles. The van der Waals surface area contributed by atoms with E-state index in [2.05, 4.69) is 10.3 Å². The van der Waals surface area contributed by atoms with Crippen LogP contribution in [0.25, 0.3) is 0 Å². The number of aliphatic imine (C=N–C) groups is 1. The average Bonchev–Trinajstić information content (AvgIpc) is 2.39. The molecule has 61 valence electrons. The maximum atomic E-state index is 12.9. The largest absolute Gasteiger partial charge is 0.368 e. The van der Waals surface area contributed by atoms with Crippen LogP contribution in [0.2, 0.25) is 0 Å². The molecule has 5 heteroatoms. The van der Waals surface area contributed by atoms with Crippen LogP contribution in [0.4, 0.5) is 20.2 Å². The zero-order chi connectivity index (χ0) is 8.72. The van der Waals surface area contributed by atoms with Crippen LogP contribution in [0, 0.1) is 11.6 Å². The van der Waals surface area contributed by atoms with Crippen LogP contribution in [0.1, 0.15) is 0 Å². The highest BCUT2D eigenvalue weighted by Crippen LogP contribution is 2.32. The number of halogens is 2. The molecule has 0 atom stereocenters. The van der Waals surface area contributed by atoms with E-state index in [-0.39, 0.29) is 17.3 Å². The van der Waals surface area contributed by atoms with Gasteiger partial charge in [0.25, 0.3) is 0 Å². The fourth-order valence-electron chi connectivity index (χ4n) is 0.989. The molecule has 0 unspecified atom stereocenters. The van der Waals surface area contributed by atoms with Gasteiger partial charge in [-0.1, -0.05) is 0 Å². The van der Waals surface area contributed by atoms with E-state index < -0.39 is 11.6 Å². The first kappa shape index (κ1) is 7.02. The Morgan fingerprint density at radius 3 is 2.75 bits per heavy atom. The number of fused-ring (bicyclic) bond motifs is 1. The highest BCUT2D eigenvalue weighted by Gasteiger charge is 2.20. The van der Waals surface area contributed by atoms with E-state index >= 15 is 0 Å². The minimum Gasteiger partial charge on any atom is -0.368 e. The van der Waals surface area contributed by atoms with Crippen molar-refractivity contribution in [3.63, 3.8) is 0 Å². The molecule has 0 spiro atoms. The number of guanidine groups is 1. The zero-order valence-electron chi connectivity index (χ0n) is 5.88. The monoisotopic (exact) mass is 168 g/mol. The van der Waals surface area contributed by atoms with Crippen molar-refractivity contribution in [2.24, 2.45) is 10.7 Å². The number of hydrogen-bond donors (Lipinski definition) is 1. The van der Waals surface area contributed by atoms with E-state index in [1.807, 2.05) is 0 Å². The van der Waals surface area contributed by atoms with Gasteiger partial charge in [-0.15, -0.1) is 0 Å². The third kappa shape index (κ3) is 0.827. The van der Waals surface area contributed by atoms with E-state index in [1.165, 1.54) is 6.07 Å². The van der Waals surface area contributed by atoms with E-state index in [1.54, 1.807) is 0 Å².